The molecule has 0 bridgehead atoms. The molecule has 1 aliphatic rings. The number of H-pyrrole nitrogens is 1. The van der Waals surface area contributed by atoms with Crippen molar-refractivity contribution in [1.82, 2.24) is 10.2 Å². The van der Waals surface area contributed by atoms with E-state index in [1.54, 1.807) is 11.3 Å². The number of thiophene rings is 1. The third-order valence-electron chi connectivity index (χ3n) is 3.53. The van der Waals surface area contributed by atoms with Crippen LogP contribution in [-0.4, -0.2) is 10.2 Å². The van der Waals surface area contributed by atoms with E-state index < -0.39 is 0 Å². The maximum atomic E-state index is 9.43. The Balaban J connectivity index is 2.14. The Kier molecular flexibility index (Phi) is 3.43. The van der Waals surface area contributed by atoms with Gasteiger partial charge in [0.25, 0.3) is 0 Å². The molecule has 2 aromatic heterocycles. The lowest BCUT2D eigenvalue weighted by atomic mass is 9.83. The summed E-state index contributed by atoms with van der Waals surface area (Å²) < 4.78 is 5.52. The van der Waals surface area contributed by atoms with Crippen LogP contribution in [0, 0.1) is 17.2 Å². The topological polar surface area (TPSA) is 87.7 Å². The number of nitrogens with zero attached hydrogens (tertiary/aromatic N) is 2. The molecular formula is C15H16N4OS. The molecule has 0 aromatic carbocycles. The van der Waals surface area contributed by atoms with Gasteiger partial charge in [-0.25, -0.2) is 0 Å². The van der Waals surface area contributed by atoms with Crippen LogP contribution in [-0.2, 0) is 0 Å². The number of hydrogen-bond acceptors (Lipinski definition) is 5. The smallest absolute Gasteiger partial charge is 0.244 e. The Morgan fingerprint density at radius 1 is 1.57 bits per heavy atom. The van der Waals surface area contributed by atoms with Crippen molar-refractivity contribution >= 4 is 11.3 Å². The fourth-order valence-electron chi connectivity index (χ4n) is 2.66. The van der Waals surface area contributed by atoms with E-state index in [1.807, 2.05) is 17.5 Å². The van der Waals surface area contributed by atoms with Crippen LogP contribution in [0.3, 0.4) is 0 Å². The lowest BCUT2D eigenvalue weighted by molar-refractivity contribution is 0.365. The number of nitriles is 1. The Morgan fingerprint density at radius 2 is 2.38 bits per heavy atom. The van der Waals surface area contributed by atoms with Crippen LogP contribution in [0.5, 0.6) is 5.88 Å². The first-order chi connectivity index (χ1) is 10.1. The van der Waals surface area contributed by atoms with Crippen LogP contribution in [0.4, 0.5) is 0 Å². The Morgan fingerprint density at radius 3 is 3.00 bits per heavy atom. The molecule has 1 aliphatic heterocycles. The predicted molar refractivity (Wildman–Crippen MR) is 81.6 cm³/mol. The molecule has 3 heterocycles. The lowest BCUT2D eigenvalue weighted by Gasteiger charge is -2.24. The Bertz CT molecular complexity index is 721. The van der Waals surface area contributed by atoms with E-state index in [1.165, 1.54) is 0 Å². The first kappa shape index (κ1) is 13.7. The fraction of sp³-hybridized carbons (Fsp3) is 0.333. The van der Waals surface area contributed by atoms with E-state index in [9.17, 15) is 5.26 Å². The van der Waals surface area contributed by atoms with E-state index in [0.717, 1.165) is 22.6 Å². The average molecular weight is 300 g/mol. The minimum atomic E-state index is -0.0744. The van der Waals surface area contributed by atoms with Crippen molar-refractivity contribution in [3.8, 4) is 22.5 Å². The van der Waals surface area contributed by atoms with Gasteiger partial charge in [0.1, 0.15) is 6.07 Å². The van der Waals surface area contributed by atoms with Gasteiger partial charge in [0, 0.05) is 5.92 Å². The molecule has 0 fully saturated rings. The van der Waals surface area contributed by atoms with Crippen LogP contribution in [0.2, 0.25) is 0 Å². The molecule has 1 atom stereocenters. The van der Waals surface area contributed by atoms with E-state index in [0.29, 0.717) is 17.4 Å². The van der Waals surface area contributed by atoms with E-state index >= 15 is 0 Å². The van der Waals surface area contributed by atoms with Crippen molar-refractivity contribution in [2.75, 3.05) is 0 Å². The number of hydrogen-bond donors (Lipinski definition) is 2. The molecule has 3 rings (SSSR count). The van der Waals surface area contributed by atoms with Crippen LogP contribution in [0.25, 0.3) is 10.6 Å². The van der Waals surface area contributed by atoms with Gasteiger partial charge < -0.3 is 10.5 Å². The van der Waals surface area contributed by atoms with Crippen molar-refractivity contribution in [3.63, 3.8) is 0 Å². The van der Waals surface area contributed by atoms with E-state index in [4.69, 9.17) is 10.5 Å². The second-order valence-corrected chi connectivity index (χ2v) is 6.42. The van der Waals surface area contributed by atoms with Crippen LogP contribution in [0.15, 0.2) is 29.0 Å². The molecule has 0 saturated heterocycles. The molecule has 0 radical (unpaired) electrons. The van der Waals surface area contributed by atoms with Crippen LogP contribution in [0.1, 0.15) is 31.7 Å². The molecule has 21 heavy (non-hydrogen) atoms. The first-order valence-corrected chi connectivity index (χ1v) is 7.69. The lowest BCUT2D eigenvalue weighted by Crippen LogP contribution is -2.21. The second kappa shape index (κ2) is 5.26. The molecule has 0 aliphatic carbocycles. The molecule has 5 nitrogen and oxygen atoms in total. The molecule has 6 heteroatoms. The van der Waals surface area contributed by atoms with Crippen molar-refractivity contribution in [2.45, 2.75) is 26.2 Å². The van der Waals surface area contributed by atoms with Gasteiger partial charge in [0.15, 0.2) is 0 Å². The van der Waals surface area contributed by atoms with Crippen molar-refractivity contribution in [2.24, 2.45) is 11.7 Å². The number of nitrogens with two attached hydrogens (primary N) is 1. The summed E-state index contributed by atoms with van der Waals surface area (Å²) in [5.41, 5.74) is 8.24. The number of fused-ring (bicyclic) bond motifs is 1. The summed E-state index contributed by atoms with van der Waals surface area (Å²) in [6.45, 7) is 4.26. The summed E-state index contributed by atoms with van der Waals surface area (Å²) in [6.07, 6.45) is 0.831. The quantitative estimate of drug-likeness (QED) is 0.909. The first-order valence-electron chi connectivity index (χ1n) is 6.81. The normalized spacial score (nSPS) is 17.5. The minimum Gasteiger partial charge on any atom is -0.420 e. The van der Waals surface area contributed by atoms with Gasteiger partial charge in [-0.05, 0) is 23.8 Å². The maximum absolute atomic E-state index is 9.43. The molecule has 0 spiro atoms. The van der Waals surface area contributed by atoms with Gasteiger partial charge in [0.2, 0.25) is 11.8 Å². The highest BCUT2D eigenvalue weighted by Crippen LogP contribution is 2.45. The standard InChI is InChI=1S/C15H16N4OS/c1-8(2)6-9-10(7-16)14(17)20-15-12(9)13(18-19-15)11-4-3-5-21-11/h3-5,8-9H,6,17H2,1-2H3,(H,18,19)/t9-/m0/s1. The van der Waals surface area contributed by atoms with Gasteiger partial charge in [-0.2, -0.15) is 5.26 Å². The van der Waals surface area contributed by atoms with Crippen molar-refractivity contribution in [3.05, 3.63) is 34.5 Å². The fourth-order valence-corrected chi connectivity index (χ4v) is 3.39. The van der Waals surface area contributed by atoms with Gasteiger partial charge in [-0.15, -0.1) is 16.4 Å². The van der Waals surface area contributed by atoms with Gasteiger partial charge in [0.05, 0.1) is 21.7 Å². The summed E-state index contributed by atoms with van der Waals surface area (Å²) in [7, 11) is 0. The molecule has 0 unspecified atom stereocenters. The third-order valence-corrected chi connectivity index (χ3v) is 4.42. The summed E-state index contributed by atoms with van der Waals surface area (Å²) in [5.74, 6) is 1.01. The number of allylic oxidation sites excluding steroid dienone is 1. The summed E-state index contributed by atoms with van der Waals surface area (Å²) in [5, 5.41) is 18.7. The number of aromatic nitrogens is 2. The molecule has 3 N–H and O–H groups in total. The third kappa shape index (κ3) is 2.30. The van der Waals surface area contributed by atoms with Crippen molar-refractivity contribution < 1.29 is 4.74 Å². The van der Waals surface area contributed by atoms with Gasteiger partial charge in [-0.1, -0.05) is 19.9 Å². The Hall–Kier alpha value is -2.26. The highest BCUT2D eigenvalue weighted by molar-refractivity contribution is 7.13. The SMILES string of the molecule is CC(C)C[C@H]1C(C#N)=C(N)Oc2n[nH]c(-c3cccs3)c21. The zero-order chi connectivity index (χ0) is 15.0. The van der Waals surface area contributed by atoms with Crippen LogP contribution < -0.4 is 10.5 Å². The molecule has 2 aromatic rings. The molecular weight excluding hydrogens is 284 g/mol. The highest BCUT2D eigenvalue weighted by Gasteiger charge is 2.34. The minimum absolute atomic E-state index is 0.0744. The predicted octanol–water partition coefficient (Wildman–Crippen LogP) is 3.35. The summed E-state index contributed by atoms with van der Waals surface area (Å²) >= 11 is 1.63. The van der Waals surface area contributed by atoms with Crippen LogP contribution >= 0.6 is 11.3 Å². The monoisotopic (exact) mass is 300 g/mol. The molecule has 0 saturated carbocycles. The largest absolute Gasteiger partial charge is 0.420 e. The number of aromatic amines is 1. The van der Waals surface area contributed by atoms with Gasteiger partial charge >= 0.3 is 0 Å². The molecule has 0 amide bonds. The summed E-state index contributed by atoms with van der Waals surface area (Å²) in [6, 6.07) is 6.22. The number of rotatable bonds is 3. The van der Waals surface area contributed by atoms with E-state index in [2.05, 4.69) is 30.1 Å². The van der Waals surface area contributed by atoms with Crippen molar-refractivity contribution in [1.29, 1.82) is 5.26 Å². The highest BCUT2D eigenvalue weighted by atomic mass is 32.1. The number of ether oxygens (including phenoxy) is 1. The number of nitrogens with one attached hydrogen (secondary N) is 1. The van der Waals surface area contributed by atoms with E-state index in [-0.39, 0.29) is 11.8 Å². The zero-order valence-corrected chi connectivity index (χ0v) is 12.7. The van der Waals surface area contributed by atoms with Gasteiger partial charge in [-0.3, -0.25) is 5.10 Å². The molecule has 108 valence electrons. The maximum Gasteiger partial charge on any atom is 0.244 e. The average Bonchev–Trinajstić information content (AvgIpc) is 3.05. The Labute approximate surface area is 127 Å². The second-order valence-electron chi connectivity index (χ2n) is 5.47. The zero-order valence-electron chi connectivity index (χ0n) is 11.9. The summed E-state index contributed by atoms with van der Waals surface area (Å²) in [4.78, 5) is 1.08.